The molecular formula is C21H21F2NO4. The van der Waals surface area contributed by atoms with E-state index in [1.807, 2.05) is 18.2 Å². The van der Waals surface area contributed by atoms with Crippen molar-refractivity contribution in [1.29, 1.82) is 0 Å². The minimum Gasteiger partial charge on any atom is -0.486 e. The lowest BCUT2D eigenvalue weighted by Gasteiger charge is -2.23. The van der Waals surface area contributed by atoms with Crippen LogP contribution >= 0.6 is 0 Å². The van der Waals surface area contributed by atoms with Gasteiger partial charge in [0.05, 0.1) is 12.5 Å². The number of carbonyl (C=O) groups excluding carboxylic acids is 1. The zero-order chi connectivity index (χ0) is 19.5. The van der Waals surface area contributed by atoms with Crippen LogP contribution in [0.2, 0.25) is 0 Å². The van der Waals surface area contributed by atoms with Gasteiger partial charge in [-0.05, 0) is 54.2 Å². The van der Waals surface area contributed by atoms with E-state index in [4.69, 9.17) is 9.47 Å². The monoisotopic (exact) mass is 389 g/mol. The minimum atomic E-state index is -2.86. The van der Waals surface area contributed by atoms with Crippen LogP contribution in [-0.2, 0) is 11.2 Å². The van der Waals surface area contributed by atoms with E-state index in [0.29, 0.717) is 24.9 Å². The molecule has 0 aromatic heterocycles. The number of carbonyl (C=O) groups is 1. The number of fused-ring (bicyclic) bond motifs is 1. The van der Waals surface area contributed by atoms with Gasteiger partial charge in [0.25, 0.3) is 0 Å². The average Bonchev–Trinajstić information content (AvgIpc) is 3.52. The molecule has 1 fully saturated rings. The molecule has 28 heavy (non-hydrogen) atoms. The number of benzene rings is 2. The molecule has 1 saturated carbocycles. The first kappa shape index (κ1) is 18.5. The van der Waals surface area contributed by atoms with Gasteiger partial charge < -0.3 is 19.5 Å². The highest BCUT2D eigenvalue weighted by molar-refractivity contribution is 5.79. The van der Waals surface area contributed by atoms with Crippen LogP contribution in [0, 0.1) is 5.92 Å². The van der Waals surface area contributed by atoms with Crippen molar-refractivity contribution in [3.63, 3.8) is 0 Å². The maximum atomic E-state index is 12.6. The summed E-state index contributed by atoms with van der Waals surface area (Å²) in [5.74, 6) is 1.80. The third kappa shape index (κ3) is 4.52. The summed E-state index contributed by atoms with van der Waals surface area (Å²) in [4.78, 5) is 12.6. The van der Waals surface area contributed by atoms with E-state index >= 15 is 0 Å². The minimum absolute atomic E-state index is 0.0753. The van der Waals surface area contributed by atoms with Crippen molar-refractivity contribution in [1.82, 2.24) is 5.32 Å². The van der Waals surface area contributed by atoms with Crippen LogP contribution in [0.15, 0.2) is 42.5 Å². The maximum absolute atomic E-state index is 12.6. The molecule has 1 heterocycles. The highest BCUT2D eigenvalue weighted by atomic mass is 19.3. The number of amides is 1. The number of ether oxygens (including phenoxy) is 3. The number of halogens is 2. The van der Waals surface area contributed by atoms with Crippen LogP contribution < -0.4 is 19.5 Å². The van der Waals surface area contributed by atoms with Gasteiger partial charge >= 0.3 is 6.61 Å². The van der Waals surface area contributed by atoms with Gasteiger partial charge in [0.1, 0.15) is 19.0 Å². The molecule has 0 radical (unpaired) electrons. The van der Waals surface area contributed by atoms with Crippen LogP contribution in [0.3, 0.4) is 0 Å². The van der Waals surface area contributed by atoms with Gasteiger partial charge in [-0.25, -0.2) is 0 Å². The predicted molar refractivity (Wildman–Crippen MR) is 97.8 cm³/mol. The first-order valence-corrected chi connectivity index (χ1v) is 9.31. The molecular weight excluding hydrogens is 368 g/mol. The summed E-state index contributed by atoms with van der Waals surface area (Å²) in [6.45, 7) is -1.81. The fourth-order valence-corrected chi connectivity index (χ4v) is 3.35. The van der Waals surface area contributed by atoms with Crippen molar-refractivity contribution in [2.24, 2.45) is 5.92 Å². The van der Waals surface area contributed by atoms with E-state index in [1.165, 1.54) is 12.1 Å². The van der Waals surface area contributed by atoms with Gasteiger partial charge in [0, 0.05) is 0 Å². The Balaban J connectivity index is 1.41. The van der Waals surface area contributed by atoms with E-state index in [-0.39, 0.29) is 24.1 Å². The van der Waals surface area contributed by atoms with Crippen LogP contribution in [0.1, 0.15) is 30.0 Å². The molecule has 1 unspecified atom stereocenters. The van der Waals surface area contributed by atoms with Crippen molar-refractivity contribution in [2.75, 3.05) is 13.2 Å². The lowest BCUT2D eigenvalue weighted by Crippen LogP contribution is -2.31. The van der Waals surface area contributed by atoms with Crippen LogP contribution in [0.25, 0.3) is 0 Å². The molecule has 0 spiro atoms. The second-order valence-corrected chi connectivity index (χ2v) is 6.98. The van der Waals surface area contributed by atoms with Gasteiger partial charge in [0.2, 0.25) is 5.91 Å². The Kier molecular flexibility index (Phi) is 5.32. The zero-order valence-corrected chi connectivity index (χ0v) is 15.2. The second kappa shape index (κ2) is 8.04. The SMILES string of the molecule is O=C(Cc1ccc(OC(F)F)cc1)NC(c1ccc2c(c1)OCCO2)C1CC1. The van der Waals surface area contributed by atoms with Crippen molar-refractivity contribution in [2.45, 2.75) is 31.9 Å². The summed E-state index contributed by atoms with van der Waals surface area (Å²) in [7, 11) is 0. The zero-order valence-electron chi connectivity index (χ0n) is 15.2. The molecule has 148 valence electrons. The normalized spacial score (nSPS) is 16.5. The van der Waals surface area contributed by atoms with E-state index in [2.05, 4.69) is 10.1 Å². The lowest BCUT2D eigenvalue weighted by molar-refractivity contribution is -0.121. The van der Waals surface area contributed by atoms with Crippen molar-refractivity contribution in [3.8, 4) is 17.2 Å². The molecule has 1 aliphatic heterocycles. The fraction of sp³-hybridized carbons (Fsp3) is 0.381. The summed E-state index contributed by atoms with van der Waals surface area (Å²) >= 11 is 0. The molecule has 2 aromatic rings. The standard InChI is InChI=1S/C21H21F2NO4/c22-21(23)28-16-6-1-13(2-7-16)11-19(25)24-20(14-3-4-14)15-5-8-17-18(12-15)27-10-9-26-17/h1-2,5-8,12,14,20-21H,3-4,9-11H2,(H,24,25). The Morgan fingerprint density at radius 1 is 1.07 bits per heavy atom. The van der Waals surface area contributed by atoms with Crippen molar-refractivity contribution in [3.05, 3.63) is 53.6 Å². The lowest BCUT2D eigenvalue weighted by atomic mass is 10.0. The smallest absolute Gasteiger partial charge is 0.387 e. The molecule has 2 aliphatic rings. The molecule has 5 nitrogen and oxygen atoms in total. The molecule has 0 saturated heterocycles. The van der Waals surface area contributed by atoms with E-state index in [1.54, 1.807) is 12.1 Å². The third-order valence-electron chi connectivity index (χ3n) is 4.85. The van der Waals surface area contributed by atoms with Gasteiger partial charge in [-0.15, -0.1) is 0 Å². The van der Waals surface area contributed by atoms with Crippen LogP contribution in [-0.4, -0.2) is 25.7 Å². The number of hydrogen-bond donors (Lipinski definition) is 1. The molecule has 1 N–H and O–H groups in total. The molecule has 1 aliphatic carbocycles. The quantitative estimate of drug-likeness (QED) is 0.781. The fourth-order valence-electron chi connectivity index (χ4n) is 3.35. The summed E-state index contributed by atoms with van der Waals surface area (Å²) < 4.78 is 40.0. The van der Waals surface area contributed by atoms with E-state index in [0.717, 1.165) is 29.7 Å². The molecule has 2 aromatic carbocycles. The summed E-state index contributed by atoms with van der Waals surface area (Å²) in [5.41, 5.74) is 1.73. The van der Waals surface area contributed by atoms with E-state index < -0.39 is 6.61 Å². The number of hydrogen-bond acceptors (Lipinski definition) is 4. The summed E-state index contributed by atoms with van der Waals surface area (Å²) in [5, 5.41) is 3.11. The Labute approximate surface area is 161 Å². The van der Waals surface area contributed by atoms with Gasteiger partial charge in [0.15, 0.2) is 11.5 Å². The maximum Gasteiger partial charge on any atom is 0.387 e. The first-order chi connectivity index (χ1) is 13.6. The predicted octanol–water partition coefficient (Wildman–Crippen LogP) is 3.87. The Morgan fingerprint density at radius 2 is 1.79 bits per heavy atom. The highest BCUT2D eigenvalue weighted by Gasteiger charge is 2.34. The van der Waals surface area contributed by atoms with Gasteiger partial charge in [-0.1, -0.05) is 18.2 Å². The van der Waals surface area contributed by atoms with E-state index in [9.17, 15) is 13.6 Å². The third-order valence-corrected chi connectivity index (χ3v) is 4.85. The van der Waals surface area contributed by atoms with Gasteiger partial charge in [-0.2, -0.15) is 8.78 Å². The first-order valence-electron chi connectivity index (χ1n) is 9.31. The van der Waals surface area contributed by atoms with Crippen LogP contribution in [0.5, 0.6) is 17.2 Å². The molecule has 7 heteroatoms. The van der Waals surface area contributed by atoms with Crippen molar-refractivity contribution < 1.29 is 27.8 Å². The number of nitrogens with one attached hydrogen (secondary N) is 1. The molecule has 1 amide bonds. The average molecular weight is 389 g/mol. The Bertz CT molecular complexity index is 837. The number of alkyl halides is 2. The molecule has 1 atom stereocenters. The van der Waals surface area contributed by atoms with Crippen LogP contribution in [0.4, 0.5) is 8.78 Å². The Hall–Kier alpha value is -2.83. The molecule has 0 bridgehead atoms. The Morgan fingerprint density at radius 3 is 2.46 bits per heavy atom. The number of rotatable bonds is 7. The summed E-state index contributed by atoms with van der Waals surface area (Å²) in [6, 6.07) is 11.8. The second-order valence-electron chi connectivity index (χ2n) is 6.98. The molecule has 4 rings (SSSR count). The summed E-state index contributed by atoms with van der Waals surface area (Å²) in [6.07, 6.45) is 2.31. The van der Waals surface area contributed by atoms with Gasteiger partial charge in [-0.3, -0.25) is 4.79 Å². The van der Waals surface area contributed by atoms with Crippen molar-refractivity contribution >= 4 is 5.91 Å². The largest absolute Gasteiger partial charge is 0.486 e. The highest BCUT2D eigenvalue weighted by Crippen LogP contribution is 2.43. The topological polar surface area (TPSA) is 56.8 Å².